The van der Waals surface area contributed by atoms with E-state index in [2.05, 4.69) is 10.3 Å². The Morgan fingerprint density at radius 3 is 1.78 bits per heavy atom. The van der Waals surface area contributed by atoms with Gasteiger partial charge in [-0.25, -0.2) is 0 Å². The Morgan fingerprint density at radius 2 is 1.44 bits per heavy atom. The quantitative estimate of drug-likeness (QED) is 0.773. The Morgan fingerprint density at radius 1 is 1.00 bits per heavy atom. The van der Waals surface area contributed by atoms with Crippen molar-refractivity contribution in [2.45, 2.75) is 13.8 Å². The van der Waals surface area contributed by atoms with E-state index in [0.29, 0.717) is 22.9 Å². The van der Waals surface area contributed by atoms with Crippen molar-refractivity contribution >= 4 is 17.9 Å². The molecule has 2 aromatic rings. The van der Waals surface area contributed by atoms with Crippen molar-refractivity contribution in [3.63, 3.8) is 0 Å². The molecule has 5 heteroatoms. The standard InChI is InChI=1S/C13H12N2O3/c1-9-7-11(14-17-9)3-5-13(16)6-4-12-8-10(2)18-15-12/h3-8H,1-2H3/b5-3+,6-4+. The van der Waals surface area contributed by atoms with Crippen molar-refractivity contribution in [3.05, 3.63) is 47.2 Å². The Balaban J connectivity index is 1.96. The molecule has 0 unspecified atom stereocenters. The number of nitrogens with zero attached hydrogens (tertiary/aromatic N) is 2. The van der Waals surface area contributed by atoms with Crippen LogP contribution in [-0.2, 0) is 4.79 Å². The average Bonchev–Trinajstić information content (AvgIpc) is 2.93. The molecule has 18 heavy (non-hydrogen) atoms. The van der Waals surface area contributed by atoms with Crippen LogP contribution in [0.2, 0.25) is 0 Å². The lowest BCUT2D eigenvalue weighted by Crippen LogP contribution is -1.84. The lowest BCUT2D eigenvalue weighted by Gasteiger charge is -1.82. The summed E-state index contributed by atoms with van der Waals surface area (Å²) in [4.78, 5) is 11.5. The highest BCUT2D eigenvalue weighted by Gasteiger charge is 1.98. The number of hydrogen-bond acceptors (Lipinski definition) is 5. The van der Waals surface area contributed by atoms with Gasteiger partial charge in [0, 0.05) is 12.1 Å². The van der Waals surface area contributed by atoms with E-state index < -0.39 is 0 Å². The monoisotopic (exact) mass is 244 g/mol. The zero-order valence-corrected chi connectivity index (χ0v) is 10.1. The zero-order chi connectivity index (χ0) is 13.0. The van der Waals surface area contributed by atoms with Crippen molar-refractivity contribution in [1.82, 2.24) is 10.3 Å². The molecule has 2 rings (SSSR count). The van der Waals surface area contributed by atoms with Gasteiger partial charge in [0.15, 0.2) is 5.78 Å². The fraction of sp³-hybridized carbons (Fsp3) is 0.154. The van der Waals surface area contributed by atoms with E-state index in [1.165, 1.54) is 12.2 Å². The van der Waals surface area contributed by atoms with E-state index in [0.717, 1.165) is 0 Å². The van der Waals surface area contributed by atoms with E-state index in [4.69, 9.17) is 9.05 Å². The molecule has 0 aliphatic carbocycles. The molecule has 0 atom stereocenters. The molecule has 92 valence electrons. The normalized spacial score (nSPS) is 11.7. The average molecular weight is 244 g/mol. The van der Waals surface area contributed by atoms with Crippen LogP contribution >= 0.6 is 0 Å². The molecule has 0 radical (unpaired) electrons. The third kappa shape index (κ3) is 3.28. The summed E-state index contributed by atoms with van der Waals surface area (Å²) in [5.41, 5.74) is 1.23. The first-order valence-electron chi connectivity index (χ1n) is 5.40. The van der Waals surface area contributed by atoms with Gasteiger partial charge in [0.2, 0.25) is 0 Å². The van der Waals surface area contributed by atoms with Crippen molar-refractivity contribution < 1.29 is 13.8 Å². The molecule has 2 aromatic heterocycles. The zero-order valence-electron chi connectivity index (χ0n) is 10.1. The summed E-state index contributed by atoms with van der Waals surface area (Å²) < 4.78 is 9.75. The van der Waals surface area contributed by atoms with Crippen molar-refractivity contribution in [2.24, 2.45) is 0 Å². The van der Waals surface area contributed by atoms with Gasteiger partial charge >= 0.3 is 0 Å². The summed E-state index contributed by atoms with van der Waals surface area (Å²) in [6, 6.07) is 3.49. The Bertz CT molecular complexity index is 553. The number of allylic oxidation sites excluding steroid dienone is 2. The molecule has 0 aromatic carbocycles. The maximum Gasteiger partial charge on any atom is 0.178 e. The van der Waals surface area contributed by atoms with Crippen LogP contribution in [0.5, 0.6) is 0 Å². The van der Waals surface area contributed by atoms with Crippen LogP contribution in [0.3, 0.4) is 0 Å². The minimum absolute atomic E-state index is 0.156. The van der Waals surface area contributed by atoms with Gasteiger partial charge in [-0.15, -0.1) is 0 Å². The summed E-state index contributed by atoms with van der Waals surface area (Å²) in [5, 5.41) is 7.49. The van der Waals surface area contributed by atoms with Crippen molar-refractivity contribution in [1.29, 1.82) is 0 Å². The fourth-order valence-corrected chi connectivity index (χ4v) is 1.32. The second kappa shape index (κ2) is 5.27. The number of rotatable bonds is 4. The van der Waals surface area contributed by atoms with Crippen LogP contribution in [-0.4, -0.2) is 16.1 Å². The summed E-state index contributed by atoms with van der Waals surface area (Å²) >= 11 is 0. The highest BCUT2D eigenvalue weighted by atomic mass is 16.5. The molecule has 0 saturated carbocycles. The second-order valence-corrected chi connectivity index (χ2v) is 3.79. The van der Waals surface area contributed by atoms with Crippen LogP contribution < -0.4 is 0 Å². The van der Waals surface area contributed by atoms with Crippen LogP contribution in [0.15, 0.2) is 33.3 Å². The highest BCUT2D eigenvalue weighted by Crippen LogP contribution is 2.05. The molecule has 2 heterocycles. The van der Waals surface area contributed by atoms with Gasteiger partial charge in [-0.1, -0.05) is 10.3 Å². The highest BCUT2D eigenvalue weighted by molar-refractivity contribution is 6.04. The first kappa shape index (κ1) is 12.0. The van der Waals surface area contributed by atoms with Gasteiger partial charge in [0.25, 0.3) is 0 Å². The third-order valence-electron chi connectivity index (χ3n) is 2.13. The number of aromatic nitrogens is 2. The fourth-order valence-electron chi connectivity index (χ4n) is 1.32. The largest absolute Gasteiger partial charge is 0.361 e. The van der Waals surface area contributed by atoms with Gasteiger partial charge in [0.05, 0.1) is 0 Å². The number of aryl methyl sites for hydroxylation is 2. The lowest BCUT2D eigenvalue weighted by molar-refractivity contribution is -0.110. The molecule has 0 aliphatic heterocycles. The lowest BCUT2D eigenvalue weighted by atomic mass is 10.2. The summed E-state index contributed by atoms with van der Waals surface area (Å²) in [7, 11) is 0. The molecular weight excluding hydrogens is 232 g/mol. The minimum atomic E-state index is -0.156. The van der Waals surface area contributed by atoms with Gasteiger partial charge in [-0.05, 0) is 38.2 Å². The first-order chi connectivity index (χ1) is 8.63. The number of carbonyl (C=O) groups is 1. The molecule has 0 fully saturated rings. The maximum atomic E-state index is 11.5. The van der Waals surface area contributed by atoms with E-state index in [9.17, 15) is 4.79 Å². The minimum Gasteiger partial charge on any atom is -0.361 e. The Kier molecular flexibility index (Phi) is 3.52. The number of ketones is 1. The first-order valence-corrected chi connectivity index (χ1v) is 5.40. The SMILES string of the molecule is Cc1cc(/C=C/C(=O)/C=C/c2cc(C)on2)no1. The van der Waals surface area contributed by atoms with Gasteiger partial charge < -0.3 is 9.05 Å². The smallest absolute Gasteiger partial charge is 0.178 e. The topological polar surface area (TPSA) is 69.1 Å². The molecule has 5 nitrogen and oxygen atoms in total. The molecule has 0 aliphatic rings. The van der Waals surface area contributed by atoms with Crippen LogP contribution in [0, 0.1) is 13.8 Å². The van der Waals surface area contributed by atoms with E-state index in [-0.39, 0.29) is 5.78 Å². The summed E-state index contributed by atoms with van der Waals surface area (Å²) in [5.74, 6) is 1.25. The molecule has 0 spiro atoms. The van der Waals surface area contributed by atoms with E-state index >= 15 is 0 Å². The van der Waals surface area contributed by atoms with Crippen molar-refractivity contribution in [2.75, 3.05) is 0 Å². The van der Waals surface area contributed by atoms with E-state index in [1.54, 1.807) is 38.1 Å². The predicted molar refractivity (Wildman–Crippen MR) is 65.6 cm³/mol. The van der Waals surface area contributed by atoms with Crippen LogP contribution in [0.25, 0.3) is 12.2 Å². The van der Waals surface area contributed by atoms with Crippen LogP contribution in [0.4, 0.5) is 0 Å². The number of hydrogen-bond donors (Lipinski definition) is 0. The maximum absolute atomic E-state index is 11.5. The molecule has 0 amide bonds. The van der Waals surface area contributed by atoms with Crippen LogP contribution in [0.1, 0.15) is 22.9 Å². The molecular formula is C13H12N2O3. The van der Waals surface area contributed by atoms with Crippen molar-refractivity contribution in [3.8, 4) is 0 Å². The molecule has 0 saturated heterocycles. The molecule has 0 bridgehead atoms. The number of carbonyl (C=O) groups excluding carboxylic acids is 1. The second-order valence-electron chi connectivity index (χ2n) is 3.79. The van der Waals surface area contributed by atoms with Gasteiger partial charge in [-0.2, -0.15) is 0 Å². The molecule has 0 N–H and O–H groups in total. The summed E-state index contributed by atoms with van der Waals surface area (Å²) in [6.45, 7) is 3.58. The Labute approximate surface area is 104 Å². The predicted octanol–water partition coefficient (Wildman–Crippen LogP) is 2.58. The summed E-state index contributed by atoms with van der Waals surface area (Å²) in [6.07, 6.45) is 6.02. The van der Waals surface area contributed by atoms with Gasteiger partial charge in [-0.3, -0.25) is 4.79 Å². The van der Waals surface area contributed by atoms with E-state index in [1.807, 2.05) is 0 Å². The van der Waals surface area contributed by atoms with Gasteiger partial charge in [0.1, 0.15) is 22.9 Å². The third-order valence-corrected chi connectivity index (χ3v) is 2.13. The Hall–Kier alpha value is -2.43.